The Balaban J connectivity index is 1.65. The lowest BCUT2D eigenvalue weighted by Crippen LogP contribution is -2.50. The summed E-state index contributed by atoms with van der Waals surface area (Å²) >= 11 is 0. The zero-order valence-electron chi connectivity index (χ0n) is 13.5. The van der Waals surface area contributed by atoms with E-state index >= 15 is 0 Å². The van der Waals surface area contributed by atoms with Gasteiger partial charge in [0.05, 0.1) is 6.26 Å². The highest BCUT2D eigenvalue weighted by molar-refractivity contribution is 7.89. The quantitative estimate of drug-likeness (QED) is 0.847. The number of hydrogen-bond acceptors (Lipinski definition) is 4. The van der Waals surface area contributed by atoms with Crippen LogP contribution in [0.15, 0.2) is 52.2 Å². The van der Waals surface area contributed by atoms with Crippen molar-refractivity contribution in [2.75, 3.05) is 26.2 Å². The molecule has 0 saturated carbocycles. The molecule has 1 amide bonds. The summed E-state index contributed by atoms with van der Waals surface area (Å²) in [5, 5.41) is -0.0579. The Hall–Kier alpha value is -2.12. The predicted octanol–water partition coefficient (Wildman–Crippen LogP) is 1.99. The lowest BCUT2D eigenvalue weighted by atomic mass is 10.1. The summed E-state index contributed by atoms with van der Waals surface area (Å²) in [4.78, 5) is 14.2. The topological polar surface area (TPSA) is 70.8 Å². The van der Waals surface area contributed by atoms with E-state index in [1.165, 1.54) is 22.2 Å². The van der Waals surface area contributed by atoms with E-state index in [4.69, 9.17) is 4.42 Å². The molecule has 3 rings (SSSR count). The number of piperazine rings is 1. The standard InChI is InChI=1S/C17H20N2O4S/c1-2-14-5-7-15(8-6-14)17(20)18-9-11-19(12-10-18)24(21,22)16-4-3-13-23-16/h3-8,13H,2,9-12H2,1H3. The summed E-state index contributed by atoms with van der Waals surface area (Å²) < 4.78 is 31.2. The van der Waals surface area contributed by atoms with Gasteiger partial charge in [0.25, 0.3) is 15.9 Å². The van der Waals surface area contributed by atoms with Crippen molar-refractivity contribution in [2.24, 2.45) is 0 Å². The first-order valence-electron chi connectivity index (χ1n) is 7.94. The molecule has 1 fully saturated rings. The molecule has 0 N–H and O–H groups in total. The van der Waals surface area contributed by atoms with Crippen molar-refractivity contribution in [2.45, 2.75) is 18.4 Å². The number of hydrogen-bond donors (Lipinski definition) is 0. The van der Waals surface area contributed by atoms with Gasteiger partial charge in [0.2, 0.25) is 5.09 Å². The van der Waals surface area contributed by atoms with Gasteiger partial charge < -0.3 is 9.32 Å². The van der Waals surface area contributed by atoms with Gasteiger partial charge in [0.1, 0.15) is 0 Å². The predicted molar refractivity (Wildman–Crippen MR) is 89.2 cm³/mol. The third-order valence-corrected chi connectivity index (χ3v) is 6.01. The molecule has 0 radical (unpaired) electrons. The molecule has 2 heterocycles. The molecule has 2 aromatic rings. The first kappa shape index (κ1) is 16.7. The lowest BCUT2D eigenvalue weighted by molar-refractivity contribution is 0.0697. The first-order chi connectivity index (χ1) is 11.5. The number of carbonyl (C=O) groups excluding carboxylic acids is 1. The van der Waals surface area contributed by atoms with Gasteiger partial charge in [-0.1, -0.05) is 19.1 Å². The molecule has 0 atom stereocenters. The van der Waals surface area contributed by atoms with Crippen molar-refractivity contribution >= 4 is 15.9 Å². The van der Waals surface area contributed by atoms with Crippen LogP contribution in [0.25, 0.3) is 0 Å². The fourth-order valence-corrected chi connectivity index (χ4v) is 4.06. The first-order valence-corrected chi connectivity index (χ1v) is 9.38. The van der Waals surface area contributed by atoms with Gasteiger partial charge in [-0.3, -0.25) is 4.79 Å². The fraction of sp³-hybridized carbons (Fsp3) is 0.353. The minimum atomic E-state index is -3.61. The minimum Gasteiger partial charge on any atom is -0.452 e. The number of sulfonamides is 1. The van der Waals surface area contributed by atoms with E-state index in [9.17, 15) is 13.2 Å². The molecule has 0 aliphatic carbocycles. The highest BCUT2D eigenvalue weighted by Gasteiger charge is 2.31. The second kappa shape index (κ2) is 6.78. The maximum atomic E-state index is 12.5. The van der Waals surface area contributed by atoms with Crippen molar-refractivity contribution in [3.63, 3.8) is 0 Å². The van der Waals surface area contributed by atoms with Crippen molar-refractivity contribution in [1.82, 2.24) is 9.21 Å². The van der Waals surface area contributed by atoms with Crippen LogP contribution in [0.5, 0.6) is 0 Å². The van der Waals surface area contributed by atoms with Crippen LogP contribution >= 0.6 is 0 Å². The highest BCUT2D eigenvalue weighted by Crippen LogP contribution is 2.19. The van der Waals surface area contributed by atoms with Crippen LogP contribution in [0.1, 0.15) is 22.8 Å². The fourth-order valence-electron chi connectivity index (χ4n) is 2.73. The van der Waals surface area contributed by atoms with Gasteiger partial charge in [0, 0.05) is 31.7 Å². The Morgan fingerprint density at radius 1 is 1.08 bits per heavy atom. The maximum absolute atomic E-state index is 12.5. The van der Waals surface area contributed by atoms with Crippen LogP contribution < -0.4 is 0 Å². The Morgan fingerprint density at radius 3 is 2.29 bits per heavy atom. The van der Waals surface area contributed by atoms with Crippen LogP contribution in [0.2, 0.25) is 0 Å². The molecule has 1 aliphatic rings. The largest absolute Gasteiger partial charge is 0.452 e. The average molecular weight is 348 g/mol. The van der Waals surface area contributed by atoms with Crippen molar-refractivity contribution < 1.29 is 17.6 Å². The minimum absolute atomic E-state index is 0.0579. The van der Waals surface area contributed by atoms with E-state index in [0.717, 1.165) is 6.42 Å². The van der Waals surface area contributed by atoms with Crippen LogP contribution in [0, 0.1) is 0 Å². The zero-order chi connectivity index (χ0) is 17.2. The van der Waals surface area contributed by atoms with Gasteiger partial charge >= 0.3 is 0 Å². The number of furan rings is 1. The molecule has 0 spiro atoms. The van der Waals surface area contributed by atoms with Crippen molar-refractivity contribution in [3.8, 4) is 0 Å². The number of aryl methyl sites for hydroxylation is 1. The van der Waals surface area contributed by atoms with Crippen LogP contribution in [-0.4, -0.2) is 49.7 Å². The Bertz CT molecular complexity index is 790. The summed E-state index contributed by atoms with van der Waals surface area (Å²) in [7, 11) is -3.61. The smallest absolute Gasteiger partial charge is 0.276 e. The van der Waals surface area contributed by atoms with Crippen molar-refractivity contribution in [1.29, 1.82) is 0 Å². The molecule has 128 valence electrons. The number of amides is 1. The summed E-state index contributed by atoms with van der Waals surface area (Å²) in [6.45, 7) is 3.34. The Labute approximate surface area is 141 Å². The molecule has 24 heavy (non-hydrogen) atoms. The van der Waals surface area contributed by atoms with E-state index in [2.05, 4.69) is 6.92 Å². The van der Waals surface area contributed by atoms with Crippen molar-refractivity contribution in [3.05, 3.63) is 53.8 Å². The third-order valence-electron chi connectivity index (χ3n) is 4.22. The van der Waals surface area contributed by atoms with Crippen LogP contribution in [0.4, 0.5) is 0 Å². The second-order valence-corrected chi connectivity index (χ2v) is 7.55. The third kappa shape index (κ3) is 3.22. The Kier molecular flexibility index (Phi) is 4.73. The normalized spacial score (nSPS) is 16.3. The number of nitrogens with zero attached hydrogens (tertiary/aromatic N) is 2. The van der Waals surface area contributed by atoms with Gasteiger partial charge in [-0.05, 0) is 36.2 Å². The molecule has 1 aliphatic heterocycles. The van der Waals surface area contributed by atoms with E-state index < -0.39 is 10.0 Å². The van der Waals surface area contributed by atoms with Gasteiger partial charge in [-0.2, -0.15) is 4.31 Å². The molecule has 6 nitrogen and oxygen atoms in total. The SMILES string of the molecule is CCc1ccc(C(=O)N2CCN(S(=O)(=O)c3ccco3)CC2)cc1. The van der Waals surface area contributed by atoms with Gasteiger partial charge in [-0.15, -0.1) is 0 Å². The summed E-state index contributed by atoms with van der Waals surface area (Å²) in [5.41, 5.74) is 1.82. The van der Waals surface area contributed by atoms with Gasteiger partial charge in [-0.25, -0.2) is 8.42 Å². The molecular formula is C17H20N2O4S. The number of carbonyl (C=O) groups is 1. The highest BCUT2D eigenvalue weighted by atomic mass is 32.2. The van der Waals surface area contributed by atoms with Crippen LogP contribution in [0.3, 0.4) is 0 Å². The van der Waals surface area contributed by atoms with E-state index in [-0.39, 0.29) is 24.1 Å². The Morgan fingerprint density at radius 2 is 1.75 bits per heavy atom. The molecule has 1 aromatic heterocycles. The van der Waals surface area contributed by atoms with E-state index in [1.54, 1.807) is 11.0 Å². The van der Waals surface area contributed by atoms with Gasteiger partial charge in [0.15, 0.2) is 0 Å². The maximum Gasteiger partial charge on any atom is 0.276 e. The average Bonchev–Trinajstić information content (AvgIpc) is 3.17. The molecule has 0 unspecified atom stereocenters. The molecule has 7 heteroatoms. The lowest BCUT2D eigenvalue weighted by Gasteiger charge is -2.33. The van der Waals surface area contributed by atoms with Crippen LogP contribution in [-0.2, 0) is 16.4 Å². The summed E-state index contributed by atoms with van der Waals surface area (Å²) in [6, 6.07) is 10.5. The summed E-state index contributed by atoms with van der Waals surface area (Å²) in [6.07, 6.45) is 2.27. The molecule has 1 aromatic carbocycles. The second-order valence-electron chi connectivity index (χ2n) is 5.68. The number of benzene rings is 1. The summed E-state index contributed by atoms with van der Waals surface area (Å²) in [5.74, 6) is -0.0623. The molecule has 0 bridgehead atoms. The zero-order valence-corrected chi connectivity index (χ0v) is 14.3. The monoisotopic (exact) mass is 348 g/mol. The van der Waals surface area contributed by atoms with E-state index in [1.807, 2.05) is 24.3 Å². The van der Waals surface area contributed by atoms with E-state index in [0.29, 0.717) is 18.7 Å². The molecular weight excluding hydrogens is 328 g/mol. The number of rotatable bonds is 4. The molecule has 1 saturated heterocycles.